The Hall–Kier alpha value is -2.37. The predicted octanol–water partition coefficient (Wildman–Crippen LogP) is 0.488. The zero-order valence-electron chi connectivity index (χ0n) is 10.5. The molecule has 1 aliphatic rings. The van der Waals surface area contributed by atoms with E-state index in [9.17, 15) is 14.4 Å². The molecule has 0 spiro atoms. The first-order valence-electron chi connectivity index (χ1n) is 5.92. The fraction of sp³-hybridized carbons (Fsp3) is 0.308. The van der Waals surface area contributed by atoms with Gasteiger partial charge in [0.15, 0.2) is 6.10 Å². The van der Waals surface area contributed by atoms with E-state index in [1.165, 1.54) is 11.0 Å². The van der Waals surface area contributed by atoms with Gasteiger partial charge in [0, 0.05) is 5.56 Å². The molecule has 6 heteroatoms. The van der Waals surface area contributed by atoms with Gasteiger partial charge in [0.2, 0.25) is 5.91 Å². The molecule has 100 valence electrons. The van der Waals surface area contributed by atoms with Gasteiger partial charge in [0.25, 0.3) is 5.91 Å². The molecular formula is C13H14N2O4. The zero-order chi connectivity index (χ0) is 14.0. The fourth-order valence-corrected chi connectivity index (χ4v) is 1.99. The van der Waals surface area contributed by atoms with E-state index in [1.54, 1.807) is 12.1 Å². The lowest BCUT2D eigenvalue weighted by molar-refractivity contribution is -0.128. The maximum Gasteiger partial charge on any atom is 0.268 e. The van der Waals surface area contributed by atoms with Crippen LogP contribution >= 0.6 is 0 Å². The lowest BCUT2D eigenvalue weighted by Crippen LogP contribution is -2.48. The van der Waals surface area contributed by atoms with Crippen molar-refractivity contribution < 1.29 is 19.1 Å². The summed E-state index contributed by atoms with van der Waals surface area (Å²) in [4.78, 5) is 35.3. The van der Waals surface area contributed by atoms with Gasteiger partial charge in [-0.15, -0.1) is 0 Å². The second-order valence-electron chi connectivity index (χ2n) is 4.25. The van der Waals surface area contributed by atoms with Crippen LogP contribution < -0.4 is 15.4 Å². The van der Waals surface area contributed by atoms with Crippen molar-refractivity contribution in [2.75, 3.05) is 11.4 Å². The summed E-state index contributed by atoms with van der Waals surface area (Å²) in [5.41, 5.74) is 5.96. The van der Waals surface area contributed by atoms with Crippen molar-refractivity contribution in [1.29, 1.82) is 0 Å². The number of hydrogen-bond acceptors (Lipinski definition) is 4. The van der Waals surface area contributed by atoms with Gasteiger partial charge in [-0.3, -0.25) is 19.3 Å². The monoisotopic (exact) mass is 262 g/mol. The molecule has 0 bridgehead atoms. The van der Waals surface area contributed by atoms with Gasteiger partial charge in [0.1, 0.15) is 18.6 Å². The molecule has 2 rings (SSSR count). The minimum atomic E-state index is -0.631. The Morgan fingerprint density at radius 1 is 1.53 bits per heavy atom. The molecule has 1 unspecified atom stereocenters. The zero-order valence-corrected chi connectivity index (χ0v) is 10.5. The van der Waals surface area contributed by atoms with E-state index in [0.717, 1.165) is 0 Å². The number of anilines is 1. The van der Waals surface area contributed by atoms with E-state index in [4.69, 9.17) is 10.5 Å². The molecular weight excluding hydrogens is 248 g/mol. The molecule has 0 aliphatic carbocycles. The number of amides is 2. The van der Waals surface area contributed by atoms with Crippen LogP contribution in [0, 0.1) is 0 Å². The Labute approximate surface area is 110 Å². The first-order valence-corrected chi connectivity index (χ1v) is 5.92. The number of hydrogen-bond donors (Lipinski definition) is 1. The second kappa shape index (κ2) is 5.09. The summed E-state index contributed by atoms with van der Waals surface area (Å²) in [7, 11) is 0. The molecule has 2 N–H and O–H groups in total. The van der Waals surface area contributed by atoms with Gasteiger partial charge < -0.3 is 10.5 Å². The summed E-state index contributed by atoms with van der Waals surface area (Å²) in [5.74, 6) is -0.470. The molecule has 0 saturated carbocycles. The topological polar surface area (TPSA) is 89.7 Å². The number of carbonyl (C=O) groups excluding carboxylic acids is 3. The van der Waals surface area contributed by atoms with Crippen LogP contribution in [0.2, 0.25) is 0 Å². The average molecular weight is 262 g/mol. The van der Waals surface area contributed by atoms with Crippen LogP contribution in [0.5, 0.6) is 5.75 Å². The molecule has 19 heavy (non-hydrogen) atoms. The highest BCUT2D eigenvalue weighted by molar-refractivity contribution is 6.04. The Morgan fingerprint density at radius 3 is 2.84 bits per heavy atom. The largest absolute Gasteiger partial charge is 0.478 e. The Balaban J connectivity index is 2.48. The van der Waals surface area contributed by atoms with Crippen molar-refractivity contribution in [3.05, 3.63) is 23.8 Å². The third kappa shape index (κ3) is 2.42. The van der Waals surface area contributed by atoms with Gasteiger partial charge in [-0.2, -0.15) is 0 Å². The Morgan fingerprint density at radius 2 is 2.26 bits per heavy atom. The minimum Gasteiger partial charge on any atom is -0.478 e. The summed E-state index contributed by atoms with van der Waals surface area (Å²) >= 11 is 0. The first kappa shape index (κ1) is 13.1. The highest BCUT2D eigenvalue weighted by Crippen LogP contribution is 2.35. The second-order valence-corrected chi connectivity index (χ2v) is 4.25. The van der Waals surface area contributed by atoms with Crippen LogP contribution in [0.1, 0.15) is 23.7 Å². The SMILES string of the molecule is CCC1Oc2ccc(C=O)cc2N(CC(N)=O)C1=O. The van der Waals surface area contributed by atoms with Crippen molar-refractivity contribution in [1.82, 2.24) is 0 Å². The number of aldehydes is 1. The van der Waals surface area contributed by atoms with E-state index in [-0.39, 0.29) is 12.5 Å². The third-order valence-electron chi connectivity index (χ3n) is 2.91. The first-order chi connectivity index (χ1) is 9.06. The lowest BCUT2D eigenvalue weighted by Gasteiger charge is -2.33. The summed E-state index contributed by atoms with van der Waals surface area (Å²) < 4.78 is 5.55. The molecule has 0 saturated heterocycles. The van der Waals surface area contributed by atoms with Crippen LogP contribution in [0.4, 0.5) is 5.69 Å². The molecule has 0 aromatic heterocycles. The van der Waals surface area contributed by atoms with Gasteiger partial charge in [-0.1, -0.05) is 6.92 Å². The number of primary amides is 1. The van der Waals surface area contributed by atoms with Crippen LogP contribution in [-0.2, 0) is 9.59 Å². The Bertz CT molecular complexity index is 541. The molecule has 2 amide bonds. The molecule has 0 fully saturated rings. The average Bonchev–Trinajstić information content (AvgIpc) is 2.40. The van der Waals surface area contributed by atoms with Crippen LogP contribution in [0.3, 0.4) is 0 Å². The van der Waals surface area contributed by atoms with Gasteiger partial charge in [-0.25, -0.2) is 0 Å². The van der Waals surface area contributed by atoms with E-state index in [2.05, 4.69) is 0 Å². The van der Waals surface area contributed by atoms with E-state index >= 15 is 0 Å². The molecule has 1 atom stereocenters. The van der Waals surface area contributed by atoms with Crippen LogP contribution in [0.15, 0.2) is 18.2 Å². The number of rotatable bonds is 4. The number of nitrogens with zero attached hydrogens (tertiary/aromatic N) is 1. The van der Waals surface area contributed by atoms with E-state index in [1.807, 2.05) is 6.92 Å². The molecule has 1 aliphatic heterocycles. The van der Waals surface area contributed by atoms with Crippen molar-refractivity contribution in [2.45, 2.75) is 19.4 Å². The van der Waals surface area contributed by atoms with Crippen LogP contribution in [0.25, 0.3) is 0 Å². The van der Waals surface area contributed by atoms with Crippen molar-refractivity contribution in [2.24, 2.45) is 5.73 Å². The number of ether oxygens (including phenoxy) is 1. The number of fused-ring (bicyclic) bond motifs is 1. The molecule has 6 nitrogen and oxygen atoms in total. The quantitative estimate of drug-likeness (QED) is 0.799. The molecule has 0 radical (unpaired) electrons. The number of carbonyl (C=O) groups is 3. The molecule has 1 aromatic rings. The molecule has 1 heterocycles. The van der Waals surface area contributed by atoms with Gasteiger partial charge in [-0.05, 0) is 24.6 Å². The van der Waals surface area contributed by atoms with Crippen LogP contribution in [-0.4, -0.2) is 30.7 Å². The van der Waals surface area contributed by atoms with Crippen molar-refractivity contribution in [3.63, 3.8) is 0 Å². The van der Waals surface area contributed by atoms with E-state index in [0.29, 0.717) is 29.7 Å². The standard InChI is InChI=1S/C13H14N2O4/c1-2-10-13(18)15(6-12(14)17)9-5-8(7-16)3-4-11(9)19-10/h3-5,7,10H,2,6H2,1H3,(H2,14,17). The third-order valence-corrected chi connectivity index (χ3v) is 2.91. The summed E-state index contributed by atoms with van der Waals surface area (Å²) in [6.07, 6.45) is 0.524. The lowest BCUT2D eigenvalue weighted by atomic mass is 10.1. The molecule has 1 aromatic carbocycles. The predicted molar refractivity (Wildman–Crippen MR) is 68.1 cm³/mol. The minimum absolute atomic E-state index is 0.228. The summed E-state index contributed by atoms with van der Waals surface area (Å²) in [6, 6.07) is 4.72. The Kier molecular flexibility index (Phi) is 3.50. The van der Waals surface area contributed by atoms with E-state index < -0.39 is 12.0 Å². The van der Waals surface area contributed by atoms with Crippen molar-refractivity contribution >= 4 is 23.8 Å². The highest BCUT2D eigenvalue weighted by Gasteiger charge is 2.34. The normalized spacial score (nSPS) is 17.6. The van der Waals surface area contributed by atoms with Gasteiger partial charge >= 0.3 is 0 Å². The maximum atomic E-state index is 12.2. The number of nitrogens with two attached hydrogens (primary N) is 1. The summed E-state index contributed by atoms with van der Waals surface area (Å²) in [6.45, 7) is 1.59. The van der Waals surface area contributed by atoms with Gasteiger partial charge in [0.05, 0.1) is 5.69 Å². The maximum absolute atomic E-state index is 12.2. The van der Waals surface area contributed by atoms with Crippen molar-refractivity contribution in [3.8, 4) is 5.75 Å². The summed E-state index contributed by atoms with van der Waals surface area (Å²) in [5, 5.41) is 0. The smallest absolute Gasteiger partial charge is 0.268 e. The fourth-order valence-electron chi connectivity index (χ4n) is 1.99. The highest BCUT2D eigenvalue weighted by atomic mass is 16.5. The number of benzene rings is 1.